The van der Waals surface area contributed by atoms with E-state index in [0.29, 0.717) is 6.54 Å². The van der Waals surface area contributed by atoms with Gasteiger partial charge in [-0.05, 0) is 18.1 Å². The van der Waals surface area contributed by atoms with E-state index in [0.717, 1.165) is 12.1 Å². The second-order valence-corrected chi connectivity index (χ2v) is 2.43. The first-order valence-corrected chi connectivity index (χ1v) is 3.93. The third-order valence-corrected chi connectivity index (χ3v) is 1.70. The number of hydrogen-bond acceptors (Lipinski definition) is 3. The Hall–Kier alpha value is -1.56. The van der Waals surface area contributed by atoms with Crippen LogP contribution in [0.4, 0.5) is 0 Å². The van der Waals surface area contributed by atoms with E-state index in [-0.39, 0.29) is 0 Å². The Balaban J connectivity index is 2.76. The average Bonchev–Trinajstić information content (AvgIpc) is 2.15. The van der Waals surface area contributed by atoms with Crippen molar-refractivity contribution in [1.82, 2.24) is 10.3 Å². The second-order valence-electron chi connectivity index (χ2n) is 2.43. The molecule has 0 amide bonds. The Labute approximate surface area is 72.1 Å². The van der Waals surface area contributed by atoms with E-state index in [4.69, 9.17) is 5.26 Å². The fourth-order valence-electron chi connectivity index (χ4n) is 1.08. The Bertz CT molecular complexity index is 288. The maximum absolute atomic E-state index is 8.30. The molecule has 3 nitrogen and oxygen atoms in total. The van der Waals surface area contributed by atoms with Gasteiger partial charge in [0.1, 0.15) is 0 Å². The van der Waals surface area contributed by atoms with Crippen molar-refractivity contribution in [2.45, 2.75) is 19.9 Å². The van der Waals surface area contributed by atoms with E-state index in [1.807, 2.05) is 18.3 Å². The van der Waals surface area contributed by atoms with Gasteiger partial charge in [-0.2, -0.15) is 5.26 Å². The summed E-state index contributed by atoms with van der Waals surface area (Å²) in [6.45, 7) is 2.60. The molecule has 0 aliphatic carbocycles. The van der Waals surface area contributed by atoms with Gasteiger partial charge in [0.25, 0.3) is 0 Å². The predicted octanol–water partition coefficient (Wildman–Crippen LogP) is 1.21. The summed E-state index contributed by atoms with van der Waals surface area (Å²) in [5.41, 5.74) is 2.15. The smallest absolute Gasteiger partial charge is 0.176 e. The molecule has 62 valence electrons. The highest BCUT2D eigenvalue weighted by atomic mass is 14.9. The summed E-state index contributed by atoms with van der Waals surface area (Å²) in [6.07, 6.45) is 4.58. The number of nitrogens with one attached hydrogen (secondary N) is 1. The van der Waals surface area contributed by atoms with Gasteiger partial charge in [-0.1, -0.05) is 13.0 Å². The van der Waals surface area contributed by atoms with Crippen LogP contribution in [0.5, 0.6) is 0 Å². The molecule has 0 radical (unpaired) electrons. The Morgan fingerprint density at radius 1 is 1.67 bits per heavy atom. The molecule has 12 heavy (non-hydrogen) atoms. The summed E-state index contributed by atoms with van der Waals surface area (Å²) in [6, 6.07) is 3.94. The fraction of sp³-hybridized carbons (Fsp3) is 0.333. The maximum Gasteiger partial charge on any atom is 0.176 e. The molecule has 1 aromatic rings. The van der Waals surface area contributed by atoms with Crippen molar-refractivity contribution in [2.75, 3.05) is 0 Å². The SMILES string of the molecule is CCc1cccnc1CNC#N. The first-order chi connectivity index (χ1) is 5.88. The lowest BCUT2D eigenvalue weighted by atomic mass is 10.1. The van der Waals surface area contributed by atoms with Crippen molar-refractivity contribution in [3.8, 4) is 6.19 Å². The maximum atomic E-state index is 8.30. The number of hydrogen-bond donors (Lipinski definition) is 1. The molecule has 1 aromatic heterocycles. The van der Waals surface area contributed by atoms with Crippen LogP contribution in [0.2, 0.25) is 0 Å². The molecule has 0 fully saturated rings. The third kappa shape index (κ3) is 1.96. The summed E-state index contributed by atoms with van der Waals surface area (Å²) in [4.78, 5) is 4.17. The van der Waals surface area contributed by atoms with E-state index >= 15 is 0 Å². The lowest BCUT2D eigenvalue weighted by Gasteiger charge is -2.03. The second kappa shape index (κ2) is 4.35. The lowest BCUT2D eigenvalue weighted by Crippen LogP contribution is -2.08. The molecule has 3 heteroatoms. The summed E-state index contributed by atoms with van der Waals surface area (Å²) >= 11 is 0. The van der Waals surface area contributed by atoms with Crippen LogP contribution in [0.15, 0.2) is 18.3 Å². The molecular weight excluding hydrogens is 150 g/mol. The molecule has 0 unspecified atom stereocenters. The van der Waals surface area contributed by atoms with E-state index in [9.17, 15) is 0 Å². The minimum absolute atomic E-state index is 0.528. The van der Waals surface area contributed by atoms with Gasteiger partial charge in [-0.15, -0.1) is 0 Å². The molecule has 0 saturated heterocycles. The predicted molar refractivity (Wildman–Crippen MR) is 46.1 cm³/mol. The number of aromatic nitrogens is 1. The number of rotatable bonds is 3. The quantitative estimate of drug-likeness (QED) is 0.535. The zero-order valence-corrected chi connectivity index (χ0v) is 7.04. The van der Waals surface area contributed by atoms with Crippen molar-refractivity contribution >= 4 is 0 Å². The Morgan fingerprint density at radius 3 is 3.17 bits per heavy atom. The molecule has 0 saturated carbocycles. The standard InChI is InChI=1S/C9H11N3/c1-2-8-4-3-5-12-9(8)6-11-7-10/h3-5,11H,2,6H2,1H3. The summed E-state index contributed by atoms with van der Waals surface area (Å²) < 4.78 is 0. The van der Waals surface area contributed by atoms with Crippen LogP contribution in [0.1, 0.15) is 18.2 Å². The molecule has 0 aliphatic heterocycles. The number of pyridine rings is 1. The molecule has 1 rings (SSSR count). The minimum atomic E-state index is 0.528. The van der Waals surface area contributed by atoms with Crippen LogP contribution >= 0.6 is 0 Å². The van der Waals surface area contributed by atoms with Crippen molar-refractivity contribution < 1.29 is 0 Å². The molecule has 0 aromatic carbocycles. The molecule has 0 bridgehead atoms. The van der Waals surface area contributed by atoms with Gasteiger partial charge >= 0.3 is 0 Å². The van der Waals surface area contributed by atoms with Gasteiger partial charge in [0.15, 0.2) is 6.19 Å². The number of nitrogens with zero attached hydrogens (tertiary/aromatic N) is 2. The molecular formula is C9H11N3. The first-order valence-electron chi connectivity index (χ1n) is 3.93. The van der Waals surface area contributed by atoms with Crippen LogP contribution in [0.25, 0.3) is 0 Å². The van der Waals surface area contributed by atoms with Crippen LogP contribution in [-0.4, -0.2) is 4.98 Å². The van der Waals surface area contributed by atoms with Crippen molar-refractivity contribution in [3.05, 3.63) is 29.6 Å². The topological polar surface area (TPSA) is 48.7 Å². The van der Waals surface area contributed by atoms with Crippen LogP contribution in [0.3, 0.4) is 0 Å². The van der Waals surface area contributed by atoms with Gasteiger partial charge in [0, 0.05) is 6.20 Å². The monoisotopic (exact) mass is 161 g/mol. The molecule has 1 N–H and O–H groups in total. The van der Waals surface area contributed by atoms with Crippen LogP contribution in [-0.2, 0) is 13.0 Å². The van der Waals surface area contributed by atoms with Gasteiger partial charge in [-0.25, -0.2) is 0 Å². The zero-order valence-electron chi connectivity index (χ0n) is 7.04. The van der Waals surface area contributed by atoms with Gasteiger partial charge < -0.3 is 5.32 Å². The van der Waals surface area contributed by atoms with Crippen LogP contribution < -0.4 is 5.32 Å². The molecule has 0 spiro atoms. The highest BCUT2D eigenvalue weighted by Crippen LogP contribution is 2.04. The van der Waals surface area contributed by atoms with Gasteiger partial charge in [0.2, 0.25) is 0 Å². The summed E-state index contributed by atoms with van der Waals surface area (Å²) in [7, 11) is 0. The van der Waals surface area contributed by atoms with Crippen molar-refractivity contribution in [2.24, 2.45) is 0 Å². The van der Waals surface area contributed by atoms with Crippen LogP contribution in [0, 0.1) is 11.5 Å². The third-order valence-electron chi connectivity index (χ3n) is 1.70. The number of nitriles is 1. The number of aryl methyl sites for hydroxylation is 1. The highest BCUT2D eigenvalue weighted by Gasteiger charge is 1.98. The molecule has 0 atom stereocenters. The summed E-state index contributed by atoms with van der Waals surface area (Å²) in [5, 5.41) is 10.9. The van der Waals surface area contributed by atoms with Gasteiger partial charge in [-0.3, -0.25) is 4.98 Å². The molecule has 0 aliphatic rings. The Kier molecular flexibility index (Phi) is 3.09. The molecule has 1 heterocycles. The van der Waals surface area contributed by atoms with E-state index in [2.05, 4.69) is 17.2 Å². The largest absolute Gasteiger partial charge is 0.318 e. The van der Waals surface area contributed by atoms with E-state index in [1.165, 1.54) is 5.56 Å². The normalized spacial score (nSPS) is 9.00. The average molecular weight is 161 g/mol. The zero-order chi connectivity index (χ0) is 8.81. The van der Waals surface area contributed by atoms with E-state index in [1.54, 1.807) is 6.20 Å². The van der Waals surface area contributed by atoms with Gasteiger partial charge in [0.05, 0.1) is 12.2 Å². The lowest BCUT2D eigenvalue weighted by molar-refractivity contribution is 0.827. The van der Waals surface area contributed by atoms with E-state index < -0.39 is 0 Å². The van der Waals surface area contributed by atoms with Crippen molar-refractivity contribution in [1.29, 1.82) is 5.26 Å². The Morgan fingerprint density at radius 2 is 2.50 bits per heavy atom. The minimum Gasteiger partial charge on any atom is -0.318 e. The highest BCUT2D eigenvalue weighted by molar-refractivity contribution is 5.19. The fourth-order valence-corrected chi connectivity index (χ4v) is 1.08. The first kappa shape index (κ1) is 8.54. The van der Waals surface area contributed by atoms with Crippen molar-refractivity contribution in [3.63, 3.8) is 0 Å². The summed E-state index contributed by atoms with van der Waals surface area (Å²) in [5.74, 6) is 0.